The number of nitrogens with zero attached hydrogens (tertiary/aromatic N) is 3. The SMILES string of the molecule is CCNC(=NCC(C(CC)CC)N1CCOCC1)NCCCc1nc(C)cs1.I. The van der Waals surface area contributed by atoms with E-state index in [1.165, 1.54) is 17.8 Å². The highest BCUT2D eigenvalue weighted by Crippen LogP contribution is 2.20. The molecular weight excluding hydrogens is 497 g/mol. The molecule has 1 saturated heterocycles. The van der Waals surface area contributed by atoms with Gasteiger partial charge in [0.1, 0.15) is 0 Å². The summed E-state index contributed by atoms with van der Waals surface area (Å²) in [5.74, 6) is 1.61. The van der Waals surface area contributed by atoms with E-state index in [1.807, 2.05) is 0 Å². The van der Waals surface area contributed by atoms with Gasteiger partial charge >= 0.3 is 0 Å². The van der Waals surface area contributed by atoms with Gasteiger partial charge in [-0.25, -0.2) is 4.98 Å². The van der Waals surface area contributed by atoms with Crippen LogP contribution in [0.15, 0.2) is 10.4 Å². The summed E-state index contributed by atoms with van der Waals surface area (Å²) < 4.78 is 5.56. The summed E-state index contributed by atoms with van der Waals surface area (Å²) in [7, 11) is 0. The fourth-order valence-electron chi connectivity index (χ4n) is 3.80. The minimum atomic E-state index is 0. The van der Waals surface area contributed by atoms with E-state index < -0.39 is 0 Å². The Kier molecular flexibility index (Phi) is 14.1. The molecule has 0 aromatic carbocycles. The molecule has 0 saturated carbocycles. The monoisotopic (exact) mass is 537 g/mol. The molecule has 0 radical (unpaired) electrons. The van der Waals surface area contributed by atoms with Gasteiger partial charge in [0.05, 0.1) is 24.8 Å². The van der Waals surface area contributed by atoms with E-state index in [-0.39, 0.29) is 24.0 Å². The van der Waals surface area contributed by atoms with Crippen molar-refractivity contribution in [2.45, 2.75) is 59.4 Å². The van der Waals surface area contributed by atoms with Crippen LogP contribution >= 0.6 is 35.3 Å². The molecule has 2 rings (SSSR count). The molecule has 1 fully saturated rings. The van der Waals surface area contributed by atoms with Crippen LogP contribution in [0.25, 0.3) is 0 Å². The molecule has 2 heterocycles. The Morgan fingerprint density at radius 3 is 2.55 bits per heavy atom. The number of aromatic nitrogens is 1. The third-order valence-electron chi connectivity index (χ3n) is 5.41. The molecule has 1 aliphatic rings. The second-order valence-electron chi connectivity index (χ2n) is 7.42. The van der Waals surface area contributed by atoms with Crippen molar-refractivity contribution in [2.24, 2.45) is 10.9 Å². The highest BCUT2D eigenvalue weighted by atomic mass is 127. The van der Waals surface area contributed by atoms with Crippen LogP contribution in [-0.2, 0) is 11.2 Å². The molecule has 0 spiro atoms. The van der Waals surface area contributed by atoms with Crippen LogP contribution in [0.3, 0.4) is 0 Å². The highest BCUT2D eigenvalue weighted by Gasteiger charge is 2.26. The number of hydrogen-bond acceptors (Lipinski definition) is 5. The molecule has 168 valence electrons. The Morgan fingerprint density at radius 2 is 1.97 bits per heavy atom. The van der Waals surface area contributed by atoms with Crippen LogP contribution < -0.4 is 10.6 Å². The first-order valence-corrected chi connectivity index (χ1v) is 11.8. The molecule has 1 atom stereocenters. The molecule has 2 N–H and O–H groups in total. The number of hydrogen-bond donors (Lipinski definition) is 2. The summed E-state index contributed by atoms with van der Waals surface area (Å²) in [4.78, 5) is 12.1. The molecule has 0 aliphatic carbocycles. The smallest absolute Gasteiger partial charge is 0.191 e. The summed E-state index contributed by atoms with van der Waals surface area (Å²) in [6.45, 7) is 15.1. The fraction of sp³-hybridized carbons (Fsp3) is 0.810. The number of guanidine groups is 1. The molecule has 0 amide bonds. The lowest BCUT2D eigenvalue weighted by Gasteiger charge is -2.38. The minimum Gasteiger partial charge on any atom is -0.379 e. The average Bonchev–Trinajstić information content (AvgIpc) is 3.14. The van der Waals surface area contributed by atoms with E-state index in [9.17, 15) is 0 Å². The molecule has 1 aliphatic heterocycles. The maximum Gasteiger partial charge on any atom is 0.191 e. The highest BCUT2D eigenvalue weighted by molar-refractivity contribution is 14.0. The molecule has 1 aromatic rings. The lowest BCUT2D eigenvalue weighted by atomic mass is 9.92. The standard InChI is InChI=1S/C21H39N5OS.HI/c1-5-18(6-2)19(26-11-13-27-14-12-26)15-24-21(22-7-3)23-10-8-9-20-25-17(4)16-28-20;/h16,18-19H,5-15H2,1-4H3,(H2,22,23,24);1H. The maximum atomic E-state index is 5.56. The normalized spacial score (nSPS) is 16.5. The van der Waals surface area contributed by atoms with Crippen molar-refractivity contribution in [1.29, 1.82) is 0 Å². The second kappa shape index (κ2) is 15.4. The van der Waals surface area contributed by atoms with Crippen LogP contribution in [-0.4, -0.2) is 67.8 Å². The Hall–Kier alpha value is -0.450. The molecule has 29 heavy (non-hydrogen) atoms. The van der Waals surface area contributed by atoms with E-state index >= 15 is 0 Å². The number of morpholine rings is 1. The number of aryl methyl sites for hydroxylation is 2. The van der Waals surface area contributed by atoms with Gasteiger partial charge in [0.2, 0.25) is 0 Å². The first kappa shape index (κ1) is 26.6. The third-order valence-corrected chi connectivity index (χ3v) is 6.44. The largest absolute Gasteiger partial charge is 0.379 e. The van der Waals surface area contributed by atoms with Crippen molar-refractivity contribution < 1.29 is 4.74 Å². The lowest BCUT2D eigenvalue weighted by Crippen LogP contribution is -2.49. The van der Waals surface area contributed by atoms with Gasteiger partial charge in [-0.3, -0.25) is 9.89 Å². The Labute approximate surface area is 198 Å². The zero-order valence-electron chi connectivity index (χ0n) is 18.6. The molecule has 1 aromatic heterocycles. The van der Waals surface area contributed by atoms with E-state index in [0.29, 0.717) is 12.0 Å². The first-order chi connectivity index (χ1) is 13.7. The number of thiazole rings is 1. The van der Waals surface area contributed by atoms with Gasteiger partial charge in [-0.15, -0.1) is 35.3 Å². The van der Waals surface area contributed by atoms with Crippen LogP contribution in [0.4, 0.5) is 0 Å². The minimum absolute atomic E-state index is 0. The van der Waals surface area contributed by atoms with E-state index in [1.54, 1.807) is 11.3 Å². The number of ether oxygens (including phenoxy) is 1. The van der Waals surface area contributed by atoms with Crippen molar-refractivity contribution in [3.8, 4) is 0 Å². The maximum absolute atomic E-state index is 5.56. The number of aliphatic imine (C=N–C) groups is 1. The quantitative estimate of drug-likeness (QED) is 0.195. The Bertz CT molecular complexity index is 573. The molecule has 0 bridgehead atoms. The van der Waals surface area contributed by atoms with Crippen LogP contribution in [0, 0.1) is 12.8 Å². The molecule has 1 unspecified atom stereocenters. The second-order valence-corrected chi connectivity index (χ2v) is 8.37. The Balaban J connectivity index is 0.00000420. The van der Waals surface area contributed by atoms with E-state index in [0.717, 1.165) is 70.4 Å². The summed E-state index contributed by atoms with van der Waals surface area (Å²) in [6, 6.07) is 0.493. The zero-order chi connectivity index (χ0) is 20.2. The van der Waals surface area contributed by atoms with Gasteiger partial charge in [-0.05, 0) is 26.2 Å². The summed E-state index contributed by atoms with van der Waals surface area (Å²) >= 11 is 1.76. The van der Waals surface area contributed by atoms with Gasteiger partial charge in [0.25, 0.3) is 0 Å². The average molecular weight is 538 g/mol. The number of nitrogens with one attached hydrogen (secondary N) is 2. The predicted octanol–water partition coefficient (Wildman–Crippen LogP) is 3.69. The van der Waals surface area contributed by atoms with Crippen LogP contribution in [0.1, 0.15) is 50.7 Å². The lowest BCUT2D eigenvalue weighted by molar-refractivity contribution is 0.00395. The van der Waals surface area contributed by atoms with E-state index in [2.05, 4.69) is 53.6 Å². The number of rotatable bonds is 11. The van der Waals surface area contributed by atoms with Gasteiger partial charge < -0.3 is 15.4 Å². The topological polar surface area (TPSA) is 61.8 Å². The fourth-order valence-corrected chi connectivity index (χ4v) is 4.61. The van der Waals surface area contributed by atoms with Gasteiger partial charge in [0, 0.05) is 49.7 Å². The van der Waals surface area contributed by atoms with Gasteiger partial charge in [0.15, 0.2) is 5.96 Å². The summed E-state index contributed by atoms with van der Waals surface area (Å²) in [5, 5.41) is 10.3. The van der Waals surface area contributed by atoms with Crippen molar-refractivity contribution in [2.75, 3.05) is 45.9 Å². The molecular formula is C21H40IN5OS. The zero-order valence-corrected chi connectivity index (χ0v) is 21.7. The van der Waals surface area contributed by atoms with Crippen molar-refractivity contribution in [1.82, 2.24) is 20.5 Å². The summed E-state index contributed by atoms with van der Waals surface area (Å²) in [6.07, 6.45) is 4.49. The summed E-state index contributed by atoms with van der Waals surface area (Å²) in [5.41, 5.74) is 1.12. The van der Waals surface area contributed by atoms with Crippen molar-refractivity contribution in [3.05, 3.63) is 16.1 Å². The van der Waals surface area contributed by atoms with Crippen LogP contribution in [0.2, 0.25) is 0 Å². The molecule has 6 nitrogen and oxygen atoms in total. The third kappa shape index (κ3) is 9.48. The van der Waals surface area contributed by atoms with Gasteiger partial charge in [-0.2, -0.15) is 0 Å². The Morgan fingerprint density at radius 1 is 1.24 bits per heavy atom. The molecule has 8 heteroatoms. The van der Waals surface area contributed by atoms with Gasteiger partial charge in [-0.1, -0.05) is 26.7 Å². The first-order valence-electron chi connectivity index (χ1n) is 10.9. The number of halogens is 1. The van der Waals surface area contributed by atoms with Crippen molar-refractivity contribution in [3.63, 3.8) is 0 Å². The van der Waals surface area contributed by atoms with Crippen molar-refractivity contribution >= 4 is 41.3 Å². The van der Waals surface area contributed by atoms with E-state index in [4.69, 9.17) is 9.73 Å². The van der Waals surface area contributed by atoms with Crippen LogP contribution in [0.5, 0.6) is 0 Å². The predicted molar refractivity (Wildman–Crippen MR) is 135 cm³/mol.